The third-order valence-corrected chi connectivity index (χ3v) is 3.90. The molecule has 1 aliphatic carbocycles. The van der Waals surface area contributed by atoms with Crippen LogP contribution >= 0.6 is 0 Å². The van der Waals surface area contributed by atoms with Crippen molar-refractivity contribution in [3.63, 3.8) is 0 Å². The number of benzene rings is 1. The van der Waals surface area contributed by atoms with Crippen LogP contribution in [0.2, 0.25) is 0 Å². The van der Waals surface area contributed by atoms with Gasteiger partial charge in [0.25, 0.3) is 5.91 Å². The van der Waals surface area contributed by atoms with E-state index in [-0.39, 0.29) is 5.91 Å². The van der Waals surface area contributed by atoms with Crippen molar-refractivity contribution in [2.24, 2.45) is 0 Å². The molecule has 3 N–H and O–H groups in total. The number of hydrogen-bond acceptors (Lipinski definition) is 3. The third-order valence-electron chi connectivity index (χ3n) is 3.90. The van der Waals surface area contributed by atoms with Gasteiger partial charge in [0.05, 0.1) is 5.56 Å². The first-order valence-corrected chi connectivity index (χ1v) is 7.01. The number of para-hydroxylation sites is 1. The van der Waals surface area contributed by atoms with Crippen molar-refractivity contribution >= 4 is 11.6 Å². The maximum absolute atomic E-state index is 12.0. The Morgan fingerprint density at radius 1 is 1.37 bits per heavy atom. The number of anilines is 1. The van der Waals surface area contributed by atoms with Crippen LogP contribution in [0.5, 0.6) is 0 Å². The lowest BCUT2D eigenvalue weighted by molar-refractivity contribution is 0.0948. The molecule has 0 aromatic heterocycles. The molecule has 19 heavy (non-hydrogen) atoms. The van der Waals surface area contributed by atoms with E-state index >= 15 is 0 Å². The van der Waals surface area contributed by atoms with E-state index < -0.39 is 0 Å². The van der Waals surface area contributed by atoms with E-state index in [1.165, 1.54) is 25.7 Å². The predicted octanol–water partition coefficient (Wildman–Crippen LogP) is 1.87. The molecule has 0 bridgehead atoms. The fraction of sp³-hybridized carbons (Fsp3) is 0.533. The number of nitrogens with zero attached hydrogens (tertiary/aromatic N) is 1. The molecule has 1 aromatic rings. The molecule has 1 aromatic carbocycles. The summed E-state index contributed by atoms with van der Waals surface area (Å²) in [6.45, 7) is 1.56. The summed E-state index contributed by atoms with van der Waals surface area (Å²) in [7, 11) is 2.14. The van der Waals surface area contributed by atoms with Crippen molar-refractivity contribution in [1.29, 1.82) is 0 Å². The standard InChI is InChI=1S/C15H23N3O/c1-18(12-6-2-3-7-12)11-10-17-15(19)13-8-4-5-9-14(13)16/h4-5,8-9,12H,2-3,6-7,10-11,16H2,1H3,(H,17,19). The Morgan fingerprint density at radius 2 is 2.05 bits per heavy atom. The molecule has 2 rings (SSSR count). The summed E-state index contributed by atoms with van der Waals surface area (Å²) in [6.07, 6.45) is 5.25. The van der Waals surface area contributed by atoms with Gasteiger partial charge in [0, 0.05) is 24.8 Å². The van der Waals surface area contributed by atoms with E-state index in [1.54, 1.807) is 12.1 Å². The van der Waals surface area contributed by atoms with Crippen LogP contribution in [0.4, 0.5) is 5.69 Å². The Labute approximate surface area is 115 Å². The van der Waals surface area contributed by atoms with E-state index in [0.717, 1.165) is 6.54 Å². The number of likely N-dealkylation sites (N-methyl/N-ethyl adjacent to an activating group) is 1. The Kier molecular flexibility index (Phi) is 4.80. The van der Waals surface area contributed by atoms with Crippen molar-refractivity contribution in [1.82, 2.24) is 10.2 Å². The monoisotopic (exact) mass is 261 g/mol. The zero-order valence-corrected chi connectivity index (χ0v) is 11.6. The minimum Gasteiger partial charge on any atom is -0.398 e. The largest absolute Gasteiger partial charge is 0.398 e. The second-order valence-electron chi connectivity index (χ2n) is 5.26. The third kappa shape index (κ3) is 3.70. The molecule has 0 unspecified atom stereocenters. The molecule has 0 saturated heterocycles. The highest BCUT2D eigenvalue weighted by molar-refractivity contribution is 5.99. The summed E-state index contributed by atoms with van der Waals surface area (Å²) in [5.74, 6) is -0.0853. The van der Waals surface area contributed by atoms with Gasteiger partial charge in [-0.05, 0) is 32.0 Å². The predicted molar refractivity (Wildman–Crippen MR) is 78.1 cm³/mol. The van der Waals surface area contributed by atoms with Gasteiger partial charge in [0.2, 0.25) is 0 Å². The number of hydrogen-bond donors (Lipinski definition) is 2. The summed E-state index contributed by atoms with van der Waals surface area (Å²) in [5, 5.41) is 2.93. The van der Waals surface area contributed by atoms with Gasteiger partial charge in [0.15, 0.2) is 0 Å². The van der Waals surface area contributed by atoms with Crippen molar-refractivity contribution in [3.8, 4) is 0 Å². The average molecular weight is 261 g/mol. The minimum atomic E-state index is -0.0853. The van der Waals surface area contributed by atoms with Crippen molar-refractivity contribution < 1.29 is 4.79 Å². The van der Waals surface area contributed by atoms with Crippen molar-refractivity contribution in [2.45, 2.75) is 31.7 Å². The fourth-order valence-electron chi connectivity index (χ4n) is 2.67. The van der Waals surface area contributed by atoms with E-state index in [9.17, 15) is 4.79 Å². The first kappa shape index (κ1) is 13.9. The average Bonchev–Trinajstić information content (AvgIpc) is 2.93. The highest BCUT2D eigenvalue weighted by atomic mass is 16.1. The Hall–Kier alpha value is -1.55. The molecule has 104 valence electrons. The molecule has 0 spiro atoms. The summed E-state index contributed by atoms with van der Waals surface area (Å²) in [5.41, 5.74) is 6.87. The number of carbonyl (C=O) groups is 1. The van der Waals surface area contributed by atoms with Crippen LogP contribution in [-0.4, -0.2) is 37.0 Å². The van der Waals surface area contributed by atoms with Crippen molar-refractivity contribution in [2.75, 3.05) is 25.9 Å². The number of amides is 1. The van der Waals surface area contributed by atoms with Crippen molar-refractivity contribution in [3.05, 3.63) is 29.8 Å². The molecule has 1 aliphatic rings. The zero-order chi connectivity index (χ0) is 13.7. The van der Waals surface area contributed by atoms with Crippen LogP contribution < -0.4 is 11.1 Å². The van der Waals surface area contributed by atoms with Gasteiger partial charge in [-0.25, -0.2) is 0 Å². The lowest BCUT2D eigenvalue weighted by Gasteiger charge is -2.23. The molecular weight excluding hydrogens is 238 g/mol. The molecule has 1 amide bonds. The Bertz CT molecular complexity index is 427. The number of nitrogens with one attached hydrogen (secondary N) is 1. The lowest BCUT2D eigenvalue weighted by atomic mass is 10.1. The topological polar surface area (TPSA) is 58.4 Å². The van der Waals surface area contributed by atoms with Crippen LogP contribution in [0.25, 0.3) is 0 Å². The molecule has 0 radical (unpaired) electrons. The highest BCUT2D eigenvalue weighted by Crippen LogP contribution is 2.21. The zero-order valence-electron chi connectivity index (χ0n) is 11.6. The van der Waals surface area contributed by atoms with Crippen LogP contribution in [0.1, 0.15) is 36.0 Å². The second-order valence-corrected chi connectivity index (χ2v) is 5.26. The summed E-state index contributed by atoms with van der Waals surface area (Å²) < 4.78 is 0. The van der Waals surface area contributed by atoms with Crippen LogP contribution in [-0.2, 0) is 0 Å². The smallest absolute Gasteiger partial charge is 0.253 e. The molecule has 1 fully saturated rings. The van der Waals surface area contributed by atoms with Gasteiger partial charge in [-0.3, -0.25) is 4.79 Å². The Balaban J connectivity index is 1.76. The minimum absolute atomic E-state index is 0.0853. The van der Waals surface area contributed by atoms with E-state index in [1.807, 2.05) is 12.1 Å². The second kappa shape index (κ2) is 6.57. The van der Waals surface area contributed by atoms with Crippen LogP contribution in [0.3, 0.4) is 0 Å². The number of nitrogens with two attached hydrogens (primary N) is 1. The fourth-order valence-corrected chi connectivity index (χ4v) is 2.67. The molecule has 0 atom stereocenters. The van der Waals surface area contributed by atoms with Crippen LogP contribution in [0, 0.1) is 0 Å². The number of rotatable bonds is 5. The normalized spacial score (nSPS) is 15.9. The van der Waals surface area contributed by atoms with Gasteiger partial charge < -0.3 is 16.0 Å². The Morgan fingerprint density at radius 3 is 2.74 bits per heavy atom. The van der Waals surface area contributed by atoms with Gasteiger partial charge in [-0.15, -0.1) is 0 Å². The highest BCUT2D eigenvalue weighted by Gasteiger charge is 2.19. The quantitative estimate of drug-likeness (QED) is 0.796. The maximum Gasteiger partial charge on any atom is 0.253 e. The number of carbonyl (C=O) groups excluding carboxylic acids is 1. The first-order chi connectivity index (χ1) is 9.18. The molecule has 0 aliphatic heterocycles. The molecule has 0 heterocycles. The van der Waals surface area contributed by atoms with E-state index in [0.29, 0.717) is 23.8 Å². The van der Waals surface area contributed by atoms with E-state index in [4.69, 9.17) is 5.73 Å². The van der Waals surface area contributed by atoms with Gasteiger partial charge in [-0.2, -0.15) is 0 Å². The molecule has 4 nitrogen and oxygen atoms in total. The first-order valence-electron chi connectivity index (χ1n) is 7.01. The molecule has 4 heteroatoms. The number of nitrogen functional groups attached to an aromatic ring is 1. The summed E-state index contributed by atoms with van der Waals surface area (Å²) in [6, 6.07) is 7.86. The van der Waals surface area contributed by atoms with Gasteiger partial charge in [0.1, 0.15) is 0 Å². The van der Waals surface area contributed by atoms with Gasteiger partial charge in [-0.1, -0.05) is 25.0 Å². The summed E-state index contributed by atoms with van der Waals surface area (Å²) >= 11 is 0. The molecule has 1 saturated carbocycles. The molecular formula is C15H23N3O. The summed E-state index contributed by atoms with van der Waals surface area (Å²) in [4.78, 5) is 14.3. The van der Waals surface area contributed by atoms with Gasteiger partial charge >= 0.3 is 0 Å². The van der Waals surface area contributed by atoms with E-state index in [2.05, 4.69) is 17.3 Å². The van der Waals surface area contributed by atoms with Crippen LogP contribution in [0.15, 0.2) is 24.3 Å². The maximum atomic E-state index is 12.0. The SMILES string of the molecule is CN(CCNC(=O)c1ccccc1N)C1CCCC1. The lowest BCUT2D eigenvalue weighted by Crippen LogP contribution is -2.37.